The average Bonchev–Trinajstić information content (AvgIpc) is 3.69. The number of imide groups is 1. The predicted molar refractivity (Wildman–Crippen MR) is 181 cm³/mol. The van der Waals surface area contributed by atoms with Crippen molar-refractivity contribution in [1.29, 1.82) is 0 Å². The molecule has 10 heteroatoms. The summed E-state index contributed by atoms with van der Waals surface area (Å²) in [6.07, 6.45) is 5.06. The molecule has 238 valence electrons. The van der Waals surface area contributed by atoms with Crippen LogP contribution in [-0.4, -0.2) is 51.7 Å². The second kappa shape index (κ2) is 13.7. The second-order valence-electron chi connectivity index (χ2n) is 12.3. The zero-order chi connectivity index (χ0) is 32.3. The number of likely N-dealkylation sites (tertiary alicyclic amines) is 1. The minimum atomic E-state index is -1.07. The number of rotatable bonds is 10. The third-order valence-electron chi connectivity index (χ3n) is 9.35. The minimum Gasteiger partial charge on any atom is -0.508 e. The number of carbonyl (C=O) groups is 2. The SMILES string of the molecule is O=C1[C@@H]2[C@@H](CC(COc3ccccc3)=C3[C@@H](CC/C(=C/c4ccc(O)cc4)c4ccccn4)OB(O)C[C@@H]32)C(=O)N1Cc1cccs1. The normalized spacial score (nSPS) is 22.8. The fourth-order valence-corrected chi connectivity index (χ4v) is 7.94. The molecule has 3 aliphatic rings. The van der Waals surface area contributed by atoms with Crippen molar-refractivity contribution >= 4 is 41.9 Å². The number of thiophene rings is 1. The van der Waals surface area contributed by atoms with E-state index >= 15 is 0 Å². The number of fused-ring (bicyclic) bond motifs is 3. The van der Waals surface area contributed by atoms with Crippen LogP contribution in [0.2, 0.25) is 6.32 Å². The molecular formula is C37H35BN2O6S. The molecule has 4 heterocycles. The number of para-hydroxylation sites is 1. The summed E-state index contributed by atoms with van der Waals surface area (Å²) in [7, 11) is -1.07. The summed E-state index contributed by atoms with van der Waals surface area (Å²) in [5.74, 6) is -0.823. The summed E-state index contributed by atoms with van der Waals surface area (Å²) < 4.78 is 12.5. The fraction of sp³-hybridized carbons (Fsp3) is 0.270. The molecule has 2 amide bonds. The van der Waals surface area contributed by atoms with Crippen LogP contribution in [0.3, 0.4) is 0 Å². The Bertz CT molecular complexity index is 1780. The number of ether oxygens (including phenoxy) is 1. The lowest BCUT2D eigenvalue weighted by molar-refractivity contribution is -0.140. The topological polar surface area (TPSA) is 109 Å². The van der Waals surface area contributed by atoms with Gasteiger partial charge in [-0.15, -0.1) is 11.3 Å². The van der Waals surface area contributed by atoms with Gasteiger partial charge in [-0.3, -0.25) is 19.5 Å². The summed E-state index contributed by atoms with van der Waals surface area (Å²) in [4.78, 5) is 34.8. The van der Waals surface area contributed by atoms with Crippen molar-refractivity contribution in [2.45, 2.75) is 38.2 Å². The van der Waals surface area contributed by atoms with Crippen molar-refractivity contribution in [2.75, 3.05) is 6.61 Å². The molecular weight excluding hydrogens is 611 g/mol. The lowest BCUT2D eigenvalue weighted by Crippen LogP contribution is -2.46. The van der Waals surface area contributed by atoms with Gasteiger partial charge >= 0.3 is 7.12 Å². The Hall–Kier alpha value is -4.51. The van der Waals surface area contributed by atoms with Crippen molar-refractivity contribution in [3.8, 4) is 11.5 Å². The van der Waals surface area contributed by atoms with E-state index in [2.05, 4.69) is 4.98 Å². The van der Waals surface area contributed by atoms with Crippen LogP contribution >= 0.6 is 11.3 Å². The predicted octanol–water partition coefficient (Wildman–Crippen LogP) is 6.25. The second-order valence-corrected chi connectivity index (χ2v) is 13.3. The number of nitrogens with zero attached hydrogens (tertiary/aromatic N) is 2. The molecule has 1 aliphatic carbocycles. The number of aromatic nitrogens is 1. The Balaban J connectivity index is 1.22. The van der Waals surface area contributed by atoms with Crippen LogP contribution < -0.4 is 4.74 Å². The summed E-state index contributed by atoms with van der Waals surface area (Å²) in [6, 6.07) is 26.2. The maximum Gasteiger partial charge on any atom is 0.455 e. The van der Waals surface area contributed by atoms with E-state index in [9.17, 15) is 19.7 Å². The van der Waals surface area contributed by atoms with Gasteiger partial charge in [0.2, 0.25) is 11.8 Å². The summed E-state index contributed by atoms with van der Waals surface area (Å²) >= 11 is 1.53. The molecule has 2 N–H and O–H groups in total. The number of benzene rings is 2. The monoisotopic (exact) mass is 646 g/mol. The third kappa shape index (κ3) is 6.67. The van der Waals surface area contributed by atoms with Gasteiger partial charge in [0, 0.05) is 11.1 Å². The van der Waals surface area contributed by atoms with Crippen LogP contribution in [0.1, 0.15) is 35.4 Å². The zero-order valence-electron chi connectivity index (χ0n) is 25.8. The van der Waals surface area contributed by atoms with E-state index in [1.54, 1.807) is 18.3 Å². The first kappa shape index (κ1) is 31.1. The molecule has 4 atom stereocenters. The maximum atomic E-state index is 14.0. The Kier molecular flexibility index (Phi) is 9.06. The van der Waals surface area contributed by atoms with Crippen molar-refractivity contribution in [3.63, 3.8) is 0 Å². The largest absolute Gasteiger partial charge is 0.508 e. The molecule has 0 saturated carbocycles. The molecule has 2 saturated heterocycles. The number of pyridine rings is 1. The standard InChI is InChI=1S/C37H35BN2O6S/c41-27-14-11-24(12-15-27)19-25(32-10-4-5-17-39-32)13-16-33-34-26(23-45-28-7-2-1-3-8-28)20-30-35(31(34)21-38(44)46-33)37(43)40(36(30)42)22-29-9-6-18-47-29/h1-12,14-15,17-19,30-31,33,35,41,44H,13,16,20-23H2/b25-19-/t30-,31+,33-,35-/m1/s1. The number of phenols is 1. The van der Waals surface area contributed by atoms with Crippen molar-refractivity contribution < 1.29 is 29.1 Å². The number of hydrogen-bond acceptors (Lipinski definition) is 8. The van der Waals surface area contributed by atoms with Crippen LogP contribution in [0.4, 0.5) is 0 Å². The molecule has 8 nitrogen and oxygen atoms in total. The van der Waals surface area contributed by atoms with Crippen molar-refractivity contribution in [3.05, 3.63) is 124 Å². The van der Waals surface area contributed by atoms with Crippen LogP contribution in [0.5, 0.6) is 11.5 Å². The first-order valence-corrected chi connectivity index (χ1v) is 16.8. The van der Waals surface area contributed by atoms with Gasteiger partial charge in [0.05, 0.1) is 30.2 Å². The van der Waals surface area contributed by atoms with Crippen LogP contribution in [-0.2, 0) is 20.8 Å². The van der Waals surface area contributed by atoms with Crippen molar-refractivity contribution in [1.82, 2.24) is 9.88 Å². The lowest BCUT2D eigenvalue weighted by atomic mass is 9.58. The number of hydrogen-bond donors (Lipinski definition) is 2. The summed E-state index contributed by atoms with van der Waals surface area (Å²) in [5, 5.41) is 22.8. The number of amides is 2. The Morgan fingerprint density at radius 3 is 2.55 bits per heavy atom. The maximum absolute atomic E-state index is 14.0. The van der Waals surface area contributed by atoms with Gasteiger partial charge in [-0.2, -0.15) is 0 Å². The number of phenolic OH excluding ortho intramolecular Hbond substituents is 1. The molecule has 0 radical (unpaired) electrons. The van der Waals surface area contributed by atoms with Crippen LogP contribution in [0, 0.1) is 17.8 Å². The van der Waals surface area contributed by atoms with E-state index in [-0.39, 0.29) is 43.0 Å². The van der Waals surface area contributed by atoms with E-state index < -0.39 is 25.1 Å². The van der Waals surface area contributed by atoms with Crippen molar-refractivity contribution in [2.24, 2.45) is 17.8 Å². The highest BCUT2D eigenvalue weighted by Gasteiger charge is 2.57. The molecule has 7 rings (SSSR count). The number of aromatic hydroxyl groups is 1. The zero-order valence-corrected chi connectivity index (χ0v) is 26.6. The van der Waals surface area contributed by atoms with E-state index in [4.69, 9.17) is 9.39 Å². The molecule has 47 heavy (non-hydrogen) atoms. The highest BCUT2D eigenvalue weighted by Crippen LogP contribution is 2.51. The first-order chi connectivity index (χ1) is 22.9. The van der Waals surface area contributed by atoms with Gasteiger partial charge in [0.15, 0.2) is 0 Å². The molecule has 0 spiro atoms. The first-order valence-electron chi connectivity index (χ1n) is 16.0. The van der Waals surface area contributed by atoms with Crippen LogP contribution in [0.15, 0.2) is 108 Å². The average molecular weight is 647 g/mol. The minimum absolute atomic E-state index is 0.156. The summed E-state index contributed by atoms with van der Waals surface area (Å²) in [5.41, 5.74) is 4.64. The Morgan fingerprint density at radius 2 is 1.81 bits per heavy atom. The van der Waals surface area contributed by atoms with Gasteiger partial charge < -0.3 is 19.5 Å². The number of allylic oxidation sites excluding steroid dienone is 1. The van der Waals surface area contributed by atoms with Gasteiger partial charge in [-0.05, 0) is 108 Å². The molecule has 0 bridgehead atoms. The third-order valence-corrected chi connectivity index (χ3v) is 10.2. The van der Waals surface area contributed by atoms with E-state index in [1.165, 1.54) is 16.2 Å². The smallest absolute Gasteiger partial charge is 0.455 e. The lowest BCUT2D eigenvalue weighted by Gasteiger charge is -2.43. The molecule has 2 aromatic heterocycles. The molecule has 2 fully saturated rings. The van der Waals surface area contributed by atoms with E-state index in [0.717, 1.165) is 38.6 Å². The Morgan fingerprint density at radius 1 is 1.00 bits per heavy atom. The molecule has 0 unspecified atom stereocenters. The molecule has 2 aliphatic heterocycles. The number of carbonyl (C=O) groups excluding carboxylic acids is 2. The highest BCUT2D eigenvalue weighted by molar-refractivity contribution is 7.09. The summed E-state index contributed by atoms with van der Waals surface area (Å²) in [6.45, 7) is 0.524. The highest BCUT2D eigenvalue weighted by atomic mass is 32.1. The van der Waals surface area contributed by atoms with Gasteiger partial charge in [-0.25, -0.2) is 0 Å². The Labute approximate surface area is 278 Å². The van der Waals surface area contributed by atoms with Crippen LogP contribution in [0.25, 0.3) is 11.6 Å². The van der Waals surface area contributed by atoms with E-state index in [0.29, 0.717) is 19.3 Å². The fourth-order valence-electron chi connectivity index (χ4n) is 7.25. The molecule has 2 aromatic carbocycles. The van der Waals surface area contributed by atoms with E-state index in [1.807, 2.05) is 84.3 Å². The quantitative estimate of drug-likeness (QED) is 0.119. The molecule has 4 aromatic rings. The van der Waals surface area contributed by atoms with Gasteiger partial charge in [0.25, 0.3) is 0 Å². The van der Waals surface area contributed by atoms with Gasteiger partial charge in [0.1, 0.15) is 18.1 Å². The van der Waals surface area contributed by atoms with Gasteiger partial charge in [-0.1, -0.05) is 42.5 Å².